The van der Waals surface area contributed by atoms with Crippen LogP contribution in [0.5, 0.6) is 0 Å². The first-order chi connectivity index (χ1) is 9.02. The minimum Gasteiger partial charge on any atom is -0.469 e. The molecule has 1 N–H and O–H groups in total. The van der Waals surface area contributed by atoms with Crippen LogP contribution in [0.2, 0.25) is 0 Å². The number of hydrogen-bond donors (Lipinski definition) is 1. The Labute approximate surface area is 115 Å². The molecular formula is C16H24O3. The van der Waals surface area contributed by atoms with Crippen molar-refractivity contribution in [2.45, 2.75) is 45.6 Å². The minimum atomic E-state index is -0.502. The lowest BCUT2D eigenvalue weighted by atomic mass is 9.98. The Balaban J connectivity index is 2.44. The summed E-state index contributed by atoms with van der Waals surface area (Å²) in [5, 5.41) is 10.0. The third kappa shape index (κ3) is 5.88. The summed E-state index contributed by atoms with van der Waals surface area (Å²) in [5.74, 6) is 0.412. The van der Waals surface area contributed by atoms with Gasteiger partial charge in [0.25, 0.3) is 0 Å². The van der Waals surface area contributed by atoms with E-state index in [1.807, 2.05) is 12.1 Å². The molecule has 0 saturated heterocycles. The maximum Gasteiger partial charge on any atom is 0.305 e. The first kappa shape index (κ1) is 15.7. The maximum absolute atomic E-state index is 11.0. The van der Waals surface area contributed by atoms with E-state index in [4.69, 9.17) is 0 Å². The number of carbonyl (C=O) groups excluding carboxylic acids is 1. The molecule has 0 fully saturated rings. The Kier molecular flexibility index (Phi) is 6.57. The van der Waals surface area contributed by atoms with E-state index < -0.39 is 6.10 Å². The highest BCUT2D eigenvalue weighted by atomic mass is 16.5. The van der Waals surface area contributed by atoms with Crippen LogP contribution in [-0.4, -0.2) is 18.2 Å². The van der Waals surface area contributed by atoms with Crippen molar-refractivity contribution in [1.82, 2.24) is 0 Å². The van der Waals surface area contributed by atoms with Crippen LogP contribution >= 0.6 is 0 Å². The molecule has 0 saturated carbocycles. The van der Waals surface area contributed by atoms with E-state index in [0.29, 0.717) is 25.2 Å². The van der Waals surface area contributed by atoms with Gasteiger partial charge in [0, 0.05) is 6.42 Å². The number of rotatable bonds is 7. The van der Waals surface area contributed by atoms with Gasteiger partial charge in [0.05, 0.1) is 13.2 Å². The molecule has 106 valence electrons. The van der Waals surface area contributed by atoms with Crippen LogP contribution in [0, 0.1) is 5.92 Å². The molecule has 0 aliphatic heterocycles. The zero-order chi connectivity index (χ0) is 14.3. The SMILES string of the molecule is COC(=O)CCCC(O)c1ccc(CC(C)C)cc1. The fourth-order valence-corrected chi connectivity index (χ4v) is 2.06. The largest absolute Gasteiger partial charge is 0.469 e. The van der Waals surface area contributed by atoms with Gasteiger partial charge in [-0.1, -0.05) is 38.1 Å². The summed E-state index contributed by atoms with van der Waals surface area (Å²) in [5.41, 5.74) is 2.21. The number of aliphatic hydroxyl groups excluding tert-OH is 1. The summed E-state index contributed by atoms with van der Waals surface area (Å²) >= 11 is 0. The van der Waals surface area contributed by atoms with Crippen LogP contribution in [0.4, 0.5) is 0 Å². The van der Waals surface area contributed by atoms with Gasteiger partial charge < -0.3 is 9.84 Å². The van der Waals surface area contributed by atoms with Gasteiger partial charge in [0.1, 0.15) is 0 Å². The molecule has 1 unspecified atom stereocenters. The van der Waals surface area contributed by atoms with Crippen LogP contribution in [0.25, 0.3) is 0 Å². The Hall–Kier alpha value is -1.35. The molecule has 3 heteroatoms. The average molecular weight is 264 g/mol. The summed E-state index contributed by atoms with van der Waals surface area (Å²) in [6.45, 7) is 4.38. The number of esters is 1. The van der Waals surface area contributed by atoms with Gasteiger partial charge >= 0.3 is 5.97 Å². The molecule has 0 radical (unpaired) electrons. The Morgan fingerprint density at radius 3 is 2.42 bits per heavy atom. The third-order valence-corrected chi connectivity index (χ3v) is 3.09. The monoisotopic (exact) mass is 264 g/mol. The van der Waals surface area contributed by atoms with Gasteiger partial charge in [-0.2, -0.15) is 0 Å². The molecule has 0 aromatic heterocycles. The molecular weight excluding hydrogens is 240 g/mol. The number of benzene rings is 1. The second-order valence-corrected chi connectivity index (χ2v) is 5.32. The Morgan fingerprint density at radius 1 is 1.26 bits per heavy atom. The van der Waals surface area contributed by atoms with E-state index in [1.54, 1.807) is 0 Å². The van der Waals surface area contributed by atoms with Crippen molar-refractivity contribution in [3.63, 3.8) is 0 Å². The molecule has 0 spiro atoms. The molecule has 1 rings (SSSR count). The van der Waals surface area contributed by atoms with Crippen LogP contribution < -0.4 is 0 Å². The fourth-order valence-electron chi connectivity index (χ4n) is 2.06. The van der Waals surface area contributed by atoms with E-state index in [1.165, 1.54) is 12.7 Å². The molecule has 1 aromatic rings. The zero-order valence-electron chi connectivity index (χ0n) is 12.1. The lowest BCUT2D eigenvalue weighted by Gasteiger charge is -2.12. The molecule has 0 amide bonds. The van der Waals surface area contributed by atoms with E-state index in [-0.39, 0.29) is 5.97 Å². The second-order valence-electron chi connectivity index (χ2n) is 5.32. The van der Waals surface area contributed by atoms with Gasteiger partial charge in [-0.25, -0.2) is 0 Å². The van der Waals surface area contributed by atoms with Gasteiger partial charge in [-0.3, -0.25) is 4.79 Å². The van der Waals surface area contributed by atoms with Gasteiger partial charge in [-0.15, -0.1) is 0 Å². The summed E-state index contributed by atoms with van der Waals surface area (Å²) in [6.07, 6.45) is 2.13. The zero-order valence-corrected chi connectivity index (χ0v) is 12.1. The van der Waals surface area contributed by atoms with E-state index >= 15 is 0 Å². The van der Waals surface area contributed by atoms with E-state index in [2.05, 4.69) is 30.7 Å². The fraction of sp³-hybridized carbons (Fsp3) is 0.562. The number of hydrogen-bond acceptors (Lipinski definition) is 3. The summed E-state index contributed by atoms with van der Waals surface area (Å²) < 4.78 is 4.57. The molecule has 3 nitrogen and oxygen atoms in total. The molecule has 1 aromatic carbocycles. The van der Waals surface area contributed by atoms with E-state index in [0.717, 1.165) is 12.0 Å². The highest BCUT2D eigenvalue weighted by Gasteiger charge is 2.09. The predicted octanol–water partition coefficient (Wildman–Crippen LogP) is 3.26. The van der Waals surface area contributed by atoms with Crippen LogP contribution in [0.15, 0.2) is 24.3 Å². The first-order valence-electron chi connectivity index (χ1n) is 6.86. The van der Waals surface area contributed by atoms with Gasteiger partial charge in [0.15, 0.2) is 0 Å². The summed E-state index contributed by atoms with van der Waals surface area (Å²) in [6, 6.07) is 8.08. The number of aliphatic hydroxyl groups is 1. The van der Waals surface area contributed by atoms with Crippen molar-refractivity contribution in [2.75, 3.05) is 7.11 Å². The first-order valence-corrected chi connectivity index (χ1v) is 6.86. The Bertz CT molecular complexity index is 381. The molecule has 1 atom stereocenters. The van der Waals surface area contributed by atoms with Crippen LogP contribution in [0.1, 0.15) is 50.3 Å². The van der Waals surface area contributed by atoms with Crippen molar-refractivity contribution >= 4 is 5.97 Å². The van der Waals surface area contributed by atoms with Gasteiger partial charge in [-0.05, 0) is 36.3 Å². The van der Waals surface area contributed by atoms with Crippen molar-refractivity contribution in [3.8, 4) is 0 Å². The van der Waals surface area contributed by atoms with Crippen LogP contribution in [-0.2, 0) is 16.0 Å². The number of methoxy groups -OCH3 is 1. The lowest BCUT2D eigenvalue weighted by Crippen LogP contribution is -2.03. The van der Waals surface area contributed by atoms with Crippen LogP contribution in [0.3, 0.4) is 0 Å². The normalized spacial score (nSPS) is 12.5. The van der Waals surface area contributed by atoms with Crippen molar-refractivity contribution in [3.05, 3.63) is 35.4 Å². The summed E-state index contributed by atoms with van der Waals surface area (Å²) in [7, 11) is 1.38. The van der Waals surface area contributed by atoms with Crippen molar-refractivity contribution in [1.29, 1.82) is 0 Å². The second kappa shape index (κ2) is 7.95. The minimum absolute atomic E-state index is 0.223. The van der Waals surface area contributed by atoms with Crippen molar-refractivity contribution < 1.29 is 14.6 Å². The molecule has 0 aliphatic carbocycles. The molecule has 0 bridgehead atoms. The number of carbonyl (C=O) groups is 1. The predicted molar refractivity (Wildman–Crippen MR) is 75.8 cm³/mol. The molecule has 0 aliphatic rings. The quantitative estimate of drug-likeness (QED) is 0.769. The maximum atomic E-state index is 11.0. The van der Waals surface area contributed by atoms with Crippen molar-refractivity contribution in [2.24, 2.45) is 5.92 Å². The molecule has 0 heterocycles. The lowest BCUT2D eigenvalue weighted by molar-refractivity contribution is -0.140. The number of ether oxygens (including phenoxy) is 1. The Morgan fingerprint density at radius 2 is 1.89 bits per heavy atom. The smallest absolute Gasteiger partial charge is 0.305 e. The highest BCUT2D eigenvalue weighted by molar-refractivity contribution is 5.68. The topological polar surface area (TPSA) is 46.5 Å². The standard InChI is InChI=1S/C16H24O3/c1-12(2)11-13-7-9-14(10-8-13)15(17)5-4-6-16(18)19-3/h7-10,12,15,17H,4-6,11H2,1-3H3. The molecule has 19 heavy (non-hydrogen) atoms. The third-order valence-electron chi connectivity index (χ3n) is 3.09. The average Bonchev–Trinajstić information content (AvgIpc) is 2.38. The van der Waals surface area contributed by atoms with E-state index in [9.17, 15) is 9.90 Å². The van der Waals surface area contributed by atoms with Gasteiger partial charge in [0.2, 0.25) is 0 Å². The summed E-state index contributed by atoms with van der Waals surface area (Å²) in [4.78, 5) is 11.0. The highest BCUT2D eigenvalue weighted by Crippen LogP contribution is 2.20.